The van der Waals surface area contributed by atoms with Gasteiger partial charge >= 0.3 is 5.97 Å². The molecule has 0 aromatic heterocycles. The van der Waals surface area contributed by atoms with E-state index >= 15 is 0 Å². The molecule has 152 valence electrons. The van der Waals surface area contributed by atoms with Gasteiger partial charge in [-0.05, 0) is 29.1 Å². The lowest BCUT2D eigenvalue weighted by atomic mass is 9.89. The Balaban J connectivity index is 2.57. The first-order chi connectivity index (χ1) is 14.0. The van der Waals surface area contributed by atoms with Crippen molar-refractivity contribution in [3.8, 4) is 34.1 Å². The zero-order chi connectivity index (χ0) is 21.1. The van der Waals surface area contributed by atoms with Crippen LogP contribution in [0.3, 0.4) is 0 Å². The van der Waals surface area contributed by atoms with Crippen molar-refractivity contribution in [2.45, 2.75) is 6.61 Å². The Hall–Kier alpha value is -3.45. The highest BCUT2D eigenvalue weighted by Crippen LogP contribution is 2.46. The van der Waals surface area contributed by atoms with Gasteiger partial charge in [0.15, 0.2) is 0 Å². The number of fused-ring (bicyclic) bond motifs is 1. The first kappa shape index (κ1) is 20.3. The van der Waals surface area contributed by atoms with E-state index in [0.29, 0.717) is 50.5 Å². The predicted molar refractivity (Wildman–Crippen MR) is 108 cm³/mol. The van der Waals surface area contributed by atoms with Gasteiger partial charge in [-0.2, -0.15) is 0 Å². The molecule has 0 saturated carbocycles. The van der Waals surface area contributed by atoms with Crippen LogP contribution in [0.15, 0.2) is 36.4 Å². The third-order valence-electron chi connectivity index (χ3n) is 4.79. The van der Waals surface area contributed by atoms with E-state index in [9.17, 15) is 15.0 Å². The van der Waals surface area contributed by atoms with E-state index in [0.717, 1.165) is 0 Å². The number of hydrogen-bond donors (Lipinski definition) is 2. The fraction of sp³-hybridized carbons (Fsp3) is 0.227. The molecule has 0 fully saturated rings. The first-order valence-electron chi connectivity index (χ1n) is 8.77. The van der Waals surface area contributed by atoms with Crippen molar-refractivity contribution in [1.29, 1.82) is 0 Å². The lowest BCUT2D eigenvalue weighted by Gasteiger charge is -2.20. The number of rotatable bonds is 7. The van der Waals surface area contributed by atoms with Gasteiger partial charge in [-0.3, -0.25) is 0 Å². The normalized spacial score (nSPS) is 10.7. The molecule has 2 N–H and O–H groups in total. The fourth-order valence-corrected chi connectivity index (χ4v) is 3.52. The minimum Gasteiger partial charge on any atom is -0.497 e. The number of carboxylic acid groups (broad SMARTS) is 1. The Kier molecular flexibility index (Phi) is 5.79. The van der Waals surface area contributed by atoms with Gasteiger partial charge < -0.3 is 29.2 Å². The van der Waals surface area contributed by atoms with Gasteiger partial charge in [-0.15, -0.1) is 0 Å². The number of aliphatic hydroxyl groups is 1. The van der Waals surface area contributed by atoms with Gasteiger partial charge in [0.05, 0.1) is 46.0 Å². The average molecular weight is 398 g/mol. The van der Waals surface area contributed by atoms with Crippen LogP contribution in [-0.2, 0) is 6.61 Å². The van der Waals surface area contributed by atoms with Crippen LogP contribution in [0, 0.1) is 0 Å². The molecular weight excluding hydrogens is 376 g/mol. The molecule has 7 heteroatoms. The van der Waals surface area contributed by atoms with Crippen molar-refractivity contribution in [1.82, 2.24) is 0 Å². The van der Waals surface area contributed by atoms with Crippen LogP contribution >= 0.6 is 0 Å². The summed E-state index contributed by atoms with van der Waals surface area (Å²) in [5.41, 5.74) is 1.35. The maximum Gasteiger partial charge on any atom is 0.336 e. The summed E-state index contributed by atoms with van der Waals surface area (Å²) in [6.45, 7) is -0.334. The second-order valence-electron chi connectivity index (χ2n) is 6.21. The SMILES string of the molecule is COc1cc(CO)c(-c2c(C(=O)O)cc(OC)c3c(OC)cccc23)c(OC)c1. The summed E-state index contributed by atoms with van der Waals surface area (Å²) in [6, 6.07) is 10.1. The molecule has 29 heavy (non-hydrogen) atoms. The summed E-state index contributed by atoms with van der Waals surface area (Å²) in [5, 5.41) is 21.2. The summed E-state index contributed by atoms with van der Waals surface area (Å²) >= 11 is 0. The number of hydrogen-bond acceptors (Lipinski definition) is 6. The Bertz CT molecular complexity index is 1050. The molecular formula is C22H22O7. The van der Waals surface area contributed by atoms with E-state index in [1.165, 1.54) is 34.5 Å². The Morgan fingerprint density at radius 1 is 0.862 bits per heavy atom. The standard InChI is InChI=1S/C22H22O7/c1-26-13-8-12(11-23)19(17(9-13)28-3)20-14-6-5-7-16(27-2)21(14)18(29-4)10-15(20)22(24)25/h5-10,23H,11H2,1-4H3,(H,24,25). The lowest BCUT2D eigenvalue weighted by Crippen LogP contribution is -2.06. The van der Waals surface area contributed by atoms with Crippen LogP contribution < -0.4 is 18.9 Å². The van der Waals surface area contributed by atoms with Gasteiger partial charge in [0.25, 0.3) is 0 Å². The molecule has 0 atom stereocenters. The van der Waals surface area contributed by atoms with Crippen molar-refractivity contribution in [2.24, 2.45) is 0 Å². The van der Waals surface area contributed by atoms with Crippen LogP contribution in [0.1, 0.15) is 15.9 Å². The second kappa shape index (κ2) is 8.28. The maximum absolute atomic E-state index is 12.2. The number of aliphatic hydroxyl groups excluding tert-OH is 1. The number of benzene rings is 3. The summed E-state index contributed by atoms with van der Waals surface area (Å²) in [5.74, 6) is 0.643. The molecule has 3 rings (SSSR count). The third kappa shape index (κ3) is 3.40. The molecule has 0 aliphatic rings. The Labute approximate surface area is 168 Å². The number of ether oxygens (including phenoxy) is 4. The highest BCUT2D eigenvalue weighted by Gasteiger charge is 2.25. The van der Waals surface area contributed by atoms with Crippen molar-refractivity contribution in [3.05, 3.63) is 47.5 Å². The van der Waals surface area contributed by atoms with Crippen LogP contribution in [0.4, 0.5) is 0 Å². The van der Waals surface area contributed by atoms with Crippen LogP contribution in [0.5, 0.6) is 23.0 Å². The zero-order valence-corrected chi connectivity index (χ0v) is 16.6. The van der Waals surface area contributed by atoms with Gasteiger partial charge in [-0.1, -0.05) is 12.1 Å². The van der Waals surface area contributed by atoms with E-state index in [2.05, 4.69) is 0 Å². The molecule has 0 amide bonds. The van der Waals surface area contributed by atoms with Gasteiger partial charge in [-0.25, -0.2) is 4.79 Å². The maximum atomic E-state index is 12.2. The quantitative estimate of drug-likeness (QED) is 0.626. The largest absolute Gasteiger partial charge is 0.497 e. The number of carboxylic acids is 1. The Morgan fingerprint density at radius 3 is 2.10 bits per heavy atom. The smallest absolute Gasteiger partial charge is 0.336 e. The average Bonchev–Trinajstić information content (AvgIpc) is 2.76. The molecule has 0 bridgehead atoms. The van der Waals surface area contributed by atoms with Gasteiger partial charge in [0, 0.05) is 17.2 Å². The summed E-state index contributed by atoms with van der Waals surface area (Å²) < 4.78 is 21.8. The summed E-state index contributed by atoms with van der Waals surface area (Å²) in [6.07, 6.45) is 0. The first-order valence-corrected chi connectivity index (χ1v) is 8.77. The van der Waals surface area contributed by atoms with Crippen LogP contribution in [-0.4, -0.2) is 44.6 Å². The molecule has 0 radical (unpaired) electrons. The van der Waals surface area contributed by atoms with Gasteiger partial charge in [0.1, 0.15) is 23.0 Å². The van der Waals surface area contributed by atoms with Crippen molar-refractivity contribution < 1.29 is 34.0 Å². The summed E-state index contributed by atoms with van der Waals surface area (Å²) in [7, 11) is 5.99. The monoisotopic (exact) mass is 398 g/mol. The van der Waals surface area contributed by atoms with E-state index in [-0.39, 0.29) is 12.2 Å². The molecule has 0 saturated heterocycles. The number of aromatic carboxylic acids is 1. The predicted octanol–water partition coefficient (Wildman–Crippen LogP) is 3.73. The number of carbonyl (C=O) groups is 1. The van der Waals surface area contributed by atoms with E-state index in [1.54, 1.807) is 30.3 Å². The van der Waals surface area contributed by atoms with Crippen molar-refractivity contribution in [2.75, 3.05) is 28.4 Å². The highest BCUT2D eigenvalue weighted by atomic mass is 16.5. The van der Waals surface area contributed by atoms with Crippen LogP contribution in [0.2, 0.25) is 0 Å². The molecule has 0 aliphatic heterocycles. The second-order valence-corrected chi connectivity index (χ2v) is 6.21. The molecule has 0 unspecified atom stereocenters. The molecule has 0 heterocycles. The molecule has 3 aromatic carbocycles. The molecule has 7 nitrogen and oxygen atoms in total. The third-order valence-corrected chi connectivity index (χ3v) is 4.79. The molecule has 0 spiro atoms. The van der Waals surface area contributed by atoms with E-state index in [4.69, 9.17) is 18.9 Å². The lowest BCUT2D eigenvalue weighted by molar-refractivity contribution is 0.0697. The topological polar surface area (TPSA) is 94.5 Å². The molecule has 0 aliphatic carbocycles. The zero-order valence-electron chi connectivity index (χ0n) is 16.6. The summed E-state index contributed by atoms with van der Waals surface area (Å²) in [4.78, 5) is 12.2. The van der Waals surface area contributed by atoms with Crippen LogP contribution in [0.25, 0.3) is 21.9 Å². The Morgan fingerprint density at radius 2 is 1.55 bits per heavy atom. The van der Waals surface area contributed by atoms with E-state index in [1.807, 2.05) is 0 Å². The highest BCUT2D eigenvalue weighted by molar-refractivity contribution is 6.12. The fourth-order valence-electron chi connectivity index (χ4n) is 3.52. The van der Waals surface area contributed by atoms with E-state index < -0.39 is 5.97 Å². The van der Waals surface area contributed by atoms with Crippen molar-refractivity contribution in [3.63, 3.8) is 0 Å². The molecule has 3 aromatic rings. The van der Waals surface area contributed by atoms with Gasteiger partial charge in [0.2, 0.25) is 0 Å². The van der Waals surface area contributed by atoms with Crippen molar-refractivity contribution >= 4 is 16.7 Å². The minimum atomic E-state index is -1.13. The minimum absolute atomic E-state index is 0.0146. The number of methoxy groups -OCH3 is 4.